The summed E-state index contributed by atoms with van der Waals surface area (Å²) in [6.45, 7) is -0.232. The van der Waals surface area contributed by atoms with Crippen LogP contribution in [0.2, 0.25) is 0 Å². The van der Waals surface area contributed by atoms with E-state index in [1.54, 1.807) is 0 Å². The van der Waals surface area contributed by atoms with Crippen LogP contribution in [0, 0.1) is 0 Å². The van der Waals surface area contributed by atoms with Crippen molar-refractivity contribution in [3.63, 3.8) is 0 Å². The molecule has 2 saturated heterocycles. The van der Waals surface area contributed by atoms with Crippen molar-refractivity contribution < 1.29 is 20.1 Å². The van der Waals surface area contributed by atoms with Gasteiger partial charge in [-0.2, -0.15) is 0 Å². The SMILES string of the molecule is OC[C@H]1O[C@@H](S)[C@H](O)[C@H]2[SH+][C@]21O. The van der Waals surface area contributed by atoms with E-state index < -0.39 is 22.6 Å². The van der Waals surface area contributed by atoms with Gasteiger partial charge in [-0.25, -0.2) is 0 Å². The van der Waals surface area contributed by atoms with E-state index in [-0.39, 0.29) is 11.9 Å². The molecule has 0 bridgehead atoms. The topological polar surface area (TPSA) is 69.9 Å². The zero-order chi connectivity index (χ0) is 8.93. The van der Waals surface area contributed by atoms with Crippen molar-refractivity contribution in [1.82, 2.24) is 0 Å². The predicted octanol–water partition coefficient (Wildman–Crippen LogP) is -2.12. The standard InChI is InChI=1S/C6H10O4S2/c7-1-2-6(9)4(12-6)3(8)5(11)10-2/h2-5,7-9,11H,1H2/p+1/t2-,3-,4-,5+,6+/m1/s1. The summed E-state index contributed by atoms with van der Waals surface area (Å²) >= 11 is 4.73. The number of aliphatic hydroxyl groups is 3. The lowest BCUT2D eigenvalue weighted by Gasteiger charge is -2.27. The van der Waals surface area contributed by atoms with Gasteiger partial charge in [0.2, 0.25) is 5.25 Å². The Morgan fingerprint density at radius 3 is 2.83 bits per heavy atom. The van der Waals surface area contributed by atoms with Gasteiger partial charge in [0.15, 0.2) is 6.10 Å². The fraction of sp³-hybridized carbons (Fsp3) is 1.00. The molecule has 0 amide bonds. The van der Waals surface area contributed by atoms with Crippen LogP contribution >= 0.6 is 12.6 Å². The molecule has 0 unspecified atom stereocenters. The summed E-state index contributed by atoms with van der Waals surface area (Å²) in [6, 6.07) is 0. The van der Waals surface area contributed by atoms with Gasteiger partial charge in [-0.05, 0) is 0 Å². The molecule has 0 radical (unpaired) electrons. The molecule has 2 rings (SSSR count). The summed E-state index contributed by atoms with van der Waals surface area (Å²) in [6.07, 6.45) is -1.34. The number of hydrogen-bond donors (Lipinski definition) is 4. The largest absolute Gasteiger partial charge is 0.393 e. The summed E-state index contributed by atoms with van der Waals surface area (Å²) in [5.41, 5.74) is -0.595. The van der Waals surface area contributed by atoms with Crippen molar-refractivity contribution in [1.29, 1.82) is 0 Å². The number of thiol groups is 2. The molecule has 0 aliphatic carbocycles. The maximum absolute atomic E-state index is 9.71. The highest BCUT2D eigenvalue weighted by Crippen LogP contribution is 2.47. The van der Waals surface area contributed by atoms with Crippen LogP contribution in [-0.2, 0) is 16.5 Å². The van der Waals surface area contributed by atoms with E-state index in [1.165, 1.54) is 0 Å². The Morgan fingerprint density at radius 2 is 2.25 bits per heavy atom. The van der Waals surface area contributed by atoms with Crippen molar-refractivity contribution >= 4 is 24.4 Å². The zero-order valence-corrected chi connectivity index (χ0v) is 7.95. The maximum atomic E-state index is 9.71. The molecule has 12 heavy (non-hydrogen) atoms. The van der Waals surface area contributed by atoms with Crippen LogP contribution in [-0.4, -0.2) is 49.8 Å². The summed E-state index contributed by atoms with van der Waals surface area (Å²) < 4.78 is 5.11. The third kappa shape index (κ3) is 1.10. The van der Waals surface area contributed by atoms with Gasteiger partial charge >= 0.3 is 4.93 Å². The smallest absolute Gasteiger partial charge is 0.303 e. The molecular formula is C6H11O4S2+. The average molecular weight is 211 g/mol. The van der Waals surface area contributed by atoms with Gasteiger partial charge in [0.25, 0.3) is 0 Å². The molecule has 2 aliphatic rings. The van der Waals surface area contributed by atoms with Crippen LogP contribution < -0.4 is 0 Å². The molecule has 70 valence electrons. The number of fused-ring (bicyclic) bond motifs is 1. The molecule has 0 saturated carbocycles. The van der Waals surface area contributed by atoms with E-state index in [0.717, 1.165) is 11.8 Å². The first-order valence-electron chi connectivity index (χ1n) is 3.66. The third-order valence-electron chi connectivity index (χ3n) is 2.27. The second-order valence-electron chi connectivity index (χ2n) is 3.05. The monoisotopic (exact) mass is 211 g/mol. The van der Waals surface area contributed by atoms with Gasteiger partial charge in [-0.15, -0.1) is 12.6 Å². The average Bonchev–Trinajstić information content (AvgIpc) is 2.72. The van der Waals surface area contributed by atoms with Crippen LogP contribution in [0.4, 0.5) is 0 Å². The maximum Gasteiger partial charge on any atom is 0.303 e. The molecule has 3 N–H and O–H groups in total. The molecular weight excluding hydrogens is 200 g/mol. The fourth-order valence-corrected chi connectivity index (χ4v) is 3.23. The van der Waals surface area contributed by atoms with Gasteiger partial charge in [0, 0.05) is 11.8 Å². The number of ether oxygens (including phenoxy) is 1. The van der Waals surface area contributed by atoms with Crippen molar-refractivity contribution in [2.24, 2.45) is 0 Å². The van der Waals surface area contributed by atoms with Gasteiger partial charge in [-0.3, -0.25) is 0 Å². The molecule has 6 heteroatoms. The normalized spacial score (nSPS) is 58.0. The van der Waals surface area contributed by atoms with E-state index in [2.05, 4.69) is 12.6 Å². The second kappa shape index (κ2) is 2.76. The zero-order valence-electron chi connectivity index (χ0n) is 6.16. The second-order valence-corrected chi connectivity index (χ2v) is 5.09. The fourth-order valence-electron chi connectivity index (χ4n) is 1.47. The van der Waals surface area contributed by atoms with Crippen LogP contribution in [0.15, 0.2) is 0 Å². The Bertz CT molecular complexity index is 202. The van der Waals surface area contributed by atoms with E-state index in [0.29, 0.717) is 0 Å². The Morgan fingerprint density at radius 1 is 1.58 bits per heavy atom. The minimum Gasteiger partial charge on any atom is -0.393 e. The predicted molar refractivity (Wildman–Crippen MR) is 48.2 cm³/mol. The molecule has 2 aliphatic heterocycles. The van der Waals surface area contributed by atoms with E-state index in [9.17, 15) is 10.2 Å². The molecule has 0 aromatic heterocycles. The molecule has 4 nitrogen and oxygen atoms in total. The van der Waals surface area contributed by atoms with Gasteiger partial charge < -0.3 is 20.1 Å². The van der Waals surface area contributed by atoms with Crippen LogP contribution in [0.5, 0.6) is 0 Å². The number of hydrogen-bond acceptors (Lipinski definition) is 5. The summed E-state index contributed by atoms with van der Waals surface area (Å²) in [5, 5.41) is 27.8. The minimum absolute atomic E-state index is 0.203. The number of rotatable bonds is 1. The highest BCUT2D eigenvalue weighted by molar-refractivity contribution is 7.88. The van der Waals surface area contributed by atoms with Crippen molar-refractivity contribution in [2.75, 3.05) is 6.61 Å². The van der Waals surface area contributed by atoms with Crippen LogP contribution in [0.1, 0.15) is 0 Å². The van der Waals surface area contributed by atoms with Crippen molar-refractivity contribution in [3.05, 3.63) is 0 Å². The number of aliphatic hydroxyl groups excluding tert-OH is 2. The summed E-state index contributed by atoms with van der Waals surface area (Å²) in [5.74, 6) is 0. The Labute approximate surface area is 79.3 Å². The minimum atomic E-state index is -1.03. The van der Waals surface area contributed by atoms with Crippen LogP contribution in [0.3, 0.4) is 0 Å². The van der Waals surface area contributed by atoms with Gasteiger partial charge in [0.05, 0.1) is 6.61 Å². The van der Waals surface area contributed by atoms with Gasteiger partial charge in [0.1, 0.15) is 11.5 Å². The van der Waals surface area contributed by atoms with Gasteiger partial charge in [-0.1, -0.05) is 0 Å². The first-order chi connectivity index (χ1) is 5.59. The lowest BCUT2D eigenvalue weighted by Crippen LogP contribution is -2.50. The van der Waals surface area contributed by atoms with Crippen LogP contribution in [0.25, 0.3) is 0 Å². The lowest BCUT2D eigenvalue weighted by molar-refractivity contribution is -0.140. The molecule has 0 spiro atoms. The molecule has 5 atom stereocenters. The van der Waals surface area contributed by atoms with E-state index >= 15 is 0 Å². The Balaban J connectivity index is 2.13. The summed E-state index contributed by atoms with van der Waals surface area (Å²) in [7, 11) is 0. The first kappa shape index (κ1) is 9.11. The van der Waals surface area contributed by atoms with E-state index in [4.69, 9.17) is 9.84 Å². The third-order valence-corrected chi connectivity index (χ3v) is 4.38. The van der Waals surface area contributed by atoms with E-state index in [1.807, 2.05) is 0 Å². The highest BCUT2D eigenvalue weighted by Gasteiger charge is 2.78. The Hall–Kier alpha value is 0.540. The molecule has 0 aromatic carbocycles. The molecule has 2 heterocycles. The highest BCUT2D eigenvalue weighted by atomic mass is 32.2. The summed E-state index contributed by atoms with van der Waals surface area (Å²) in [4.78, 5) is -1.03. The molecule has 2 fully saturated rings. The Kier molecular flexibility index (Phi) is 2.10. The first-order valence-corrected chi connectivity index (χ1v) is 5.14. The molecule has 0 aromatic rings. The quantitative estimate of drug-likeness (QED) is 0.227. The van der Waals surface area contributed by atoms with Crippen molar-refractivity contribution in [3.8, 4) is 0 Å². The van der Waals surface area contributed by atoms with Crippen molar-refractivity contribution in [2.45, 2.75) is 27.8 Å². The lowest BCUT2D eigenvalue weighted by atomic mass is 10.0.